The van der Waals surface area contributed by atoms with E-state index in [0.717, 1.165) is 77.7 Å². The third kappa shape index (κ3) is 6.03. The zero-order valence-corrected chi connectivity index (χ0v) is 19.5. The first-order chi connectivity index (χ1) is 15.7. The Bertz CT molecular complexity index is 781. The van der Waals surface area contributed by atoms with Crippen molar-refractivity contribution in [3.63, 3.8) is 0 Å². The van der Waals surface area contributed by atoms with Crippen molar-refractivity contribution in [3.8, 4) is 0 Å². The zero-order valence-electron chi connectivity index (χ0n) is 19.5. The molecule has 0 saturated carbocycles. The van der Waals surface area contributed by atoms with E-state index in [0.29, 0.717) is 12.5 Å². The Morgan fingerprint density at radius 2 is 1.53 bits per heavy atom. The number of piperazine rings is 1. The fourth-order valence-electron chi connectivity index (χ4n) is 4.76. The number of anilines is 1. The molecule has 2 fully saturated rings. The Labute approximate surface area is 192 Å². The molecule has 7 nitrogen and oxygen atoms in total. The lowest BCUT2D eigenvalue weighted by molar-refractivity contribution is -0.132. The van der Waals surface area contributed by atoms with Crippen LogP contribution in [0.15, 0.2) is 41.4 Å². The average molecular weight is 439 g/mol. The molecule has 0 unspecified atom stereocenters. The number of hydrogen-bond acceptors (Lipinski definition) is 4. The van der Waals surface area contributed by atoms with E-state index in [1.807, 2.05) is 7.05 Å². The monoisotopic (exact) mass is 438 g/mol. The summed E-state index contributed by atoms with van der Waals surface area (Å²) in [4.78, 5) is 26.2. The van der Waals surface area contributed by atoms with E-state index < -0.39 is 0 Å². The molecule has 174 valence electrons. The van der Waals surface area contributed by atoms with Crippen LogP contribution in [-0.2, 0) is 11.3 Å². The number of rotatable bonds is 5. The molecule has 1 aromatic rings. The predicted molar refractivity (Wildman–Crippen MR) is 131 cm³/mol. The Hall–Kier alpha value is -2.54. The van der Waals surface area contributed by atoms with Gasteiger partial charge in [0.2, 0.25) is 5.91 Å². The fourth-order valence-corrected chi connectivity index (χ4v) is 4.76. The summed E-state index contributed by atoms with van der Waals surface area (Å²) in [5.41, 5.74) is 2.53. The van der Waals surface area contributed by atoms with Gasteiger partial charge in [-0.15, -0.1) is 0 Å². The Morgan fingerprint density at radius 1 is 0.875 bits per heavy atom. The van der Waals surface area contributed by atoms with Gasteiger partial charge in [0.15, 0.2) is 5.96 Å². The second kappa shape index (κ2) is 11.4. The van der Waals surface area contributed by atoms with E-state index >= 15 is 0 Å². The first kappa shape index (κ1) is 22.6. The van der Waals surface area contributed by atoms with Crippen LogP contribution in [0.2, 0.25) is 0 Å². The van der Waals surface area contributed by atoms with Gasteiger partial charge in [-0.25, -0.2) is 0 Å². The van der Waals surface area contributed by atoms with Gasteiger partial charge in [0.1, 0.15) is 0 Å². The molecule has 4 rings (SSSR count). The highest BCUT2D eigenvalue weighted by molar-refractivity contribution is 5.80. The van der Waals surface area contributed by atoms with Crippen LogP contribution in [0.25, 0.3) is 0 Å². The van der Waals surface area contributed by atoms with Crippen molar-refractivity contribution >= 4 is 17.6 Å². The molecule has 1 N–H and O–H groups in total. The normalized spacial score (nSPS) is 20.5. The van der Waals surface area contributed by atoms with Crippen molar-refractivity contribution in [2.24, 2.45) is 4.99 Å². The van der Waals surface area contributed by atoms with Crippen molar-refractivity contribution < 1.29 is 4.79 Å². The maximum Gasteiger partial charge on any atom is 0.236 e. The summed E-state index contributed by atoms with van der Waals surface area (Å²) in [6, 6.07) is 8.79. The maximum absolute atomic E-state index is 12.7. The third-order valence-corrected chi connectivity index (χ3v) is 6.77. The number of carbonyl (C=O) groups excluding carboxylic acids is 1. The summed E-state index contributed by atoms with van der Waals surface area (Å²) in [5.74, 6) is 1.24. The highest BCUT2D eigenvalue weighted by Gasteiger charge is 2.23. The largest absolute Gasteiger partial charge is 0.364 e. The molecular formula is C25H38N6O. The summed E-state index contributed by atoms with van der Waals surface area (Å²) in [6.45, 7) is 8.78. The smallest absolute Gasteiger partial charge is 0.236 e. The van der Waals surface area contributed by atoms with Gasteiger partial charge >= 0.3 is 0 Å². The molecule has 0 atom stereocenters. The topological polar surface area (TPSA) is 54.4 Å². The third-order valence-electron chi connectivity index (χ3n) is 6.77. The van der Waals surface area contributed by atoms with Gasteiger partial charge in [-0.05, 0) is 30.5 Å². The standard InChI is InChI=1S/C25H38N6O/c1-26-25(27-20-22-8-10-23(11-9-22)29-12-6-7-13-29)31-18-16-28(17-19-31)21-24(32)30-14-4-2-3-5-15-30/h6-11H,2-5,12-21H2,1H3,(H,26,27). The molecule has 2 saturated heterocycles. The molecule has 0 aromatic heterocycles. The highest BCUT2D eigenvalue weighted by atomic mass is 16.2. The van der Waals surface area contributed by atoms with Crippen LogP contribution in [0.4, 0.5) is 5.69 Å². The average Bonchev–Trinajstić information content (AvgIpc) is 3.23. The van der Waals surface area contributed by atoms with Gasteiger partial charge in [-0.2, -0.15) is 0 Å². The molecular weight excluding hydrogens is 400 g/mol. The van der Waals surface area contributed by atoms with Crippen molar-refractivity contribution in [1.29, 1.82) is 0 Å². The van der Waals surface area contributed by atoms with E-state index in [2.05, 4.69) is 66.3 Å². The second-order valence-corrected chi connectivity index (χ2v) is 9.00. The quantitative estimate of drug-likeness (QED) is 0.434. The molecule has 0 bridgehead atoms. The number of amides is 1. The number of likely N-dealkylation sites (tertiary alicyclic amines) is 1. The Balaban J connectivity index is 1.20. The van der Waals surface area contributed by atoms with Crippen molar-refractivity contribution in [1.82, 2.24) is 20.0 Å². The number of guanidine groups is 1. The molecule has 1 amide bonds. The van der Waals surface area contributed by atoms with Gasteiger partial charge < -0.3 is 20.0 Å². The molecule has 3 aliphatic rings. The second-order valence-electron chi connectivity index (χ2n) is 9.00. The van der Waals surface area contributed by atoms with Crippen LogP contribution in [0, 0.1) is 0 Å². The first-order valence-corrected chi connectivity index (χ1v) is 12.2. The molecule has 3 heterocycles. The minimum atomic E-state index is 0.302. The van der Waals surface area contributed by atoms with E-state index in [4.69, 9.17) is 0 Å². The number of hydrogen-bond donors (Lipinski definition) is 1. The van der Waals surface area contributed by atoms with Crippen LogP contribution >= 0.6 is 0 Å². The Kier molecular flexibility index (Phi) is 8.04. The van der Waals surface area contributed by atoms with Crippen LogP contribution in [0.3, 0.4) is 0 Å². The summed E-state index contributed by atoms with van der Waals surface area (Å²) in [7, 11) is 1.85. The summed E-state index contributed by atoms with van der Waals surface area (Å²) in [5, 5.41) is 3.51. The van der Waals surface area contributed by atoms with Gasteiger partial charge in [0.25, 0.3) is 0 Å². The number of benzene rings is 1. The fraction of sp³-hybridized carbons (Fsp3) is 0.600. The van der Waals surface area contributed by atoms with E-state index in [1.165, 1.54) is 24.1 Å². The first-order valence-electron chi connectivity index (χ1n) is 12.2. The minimum Gasteiger partial charge on any atom is -0.364 e. The molecule has 32 heavy (non-hydrogen) atoms. The maximum atomic E-state index is 12.7. The minimum absolute atomic E-state index is 0.302. The molecule has 0 radical (unpaired) electrons. The predicted octanol–water partition coefficient (Wildman–Crippen LogP) is 2.16. The van der Waals surface area contributed by atoms with Crippen LogP contribution < -0.4 is 10.2 Å². The molecule has 3 aliphatic heterocycles. The lowest BCUT2D eigenvalue weighted by Crippen LogP contribution is -2.54. The summed E-state index contributed by atoms with van der Waals surface area (Å²) >= 11 is 0. The molecule has 1 aromatic carbocycles. The Morgan fingerprint density at radius 3 is 2.16 bits per heavy atom. The van der Waals surface area contributed by atoms with E-state index in [-0.39, 0.29) is 0 Å². The number of aliphatic imine (C=N–C) groups is 1. The number of carbonyl (C=O) groups is 1. The van der Waals surface area contributed by atoms with E-state index in [9.17, 15) is 4.79 Å². The van der Waals surface area contributed by atoms with Crippen LogP contribution in [0.1, 0.15) is 31.2 Å². The van der Waals surface area contributed by atoms with Crippen molar-refractivity contribution in [2.45, 2.75) is 32.2 Å². The summed E-state index contributed by atoms with van der Waals surface area (Å²) in [6.07, 6.45) is 9.25. The molecule has 0 aliphatic carbocycles. The van der Waals surface area contributed by atoms with E-state index in [1.54, 1.807) is 0 Å². The van der Waals surface area contributed by atoms with Gasteiger partial charge in [0, 0.05) is 71.6 Å². The molecule has 7 heteroatoms. The van der Waals surface area contributed by atoms with Gasteiger partial charge in [-0.3, -0.25) is 14.7 Å². The SMILES string of the molecule is CN=C(NCc1ccc(N2CC=CC2)cc1)N1CCN(CC(=O)N2CCCCCC2)CC1. The zero-order chi connectivity index (χ0) is 22.2. The number of nitrogens with one attached hydrogen (secondary N) is 1. The lowest BCUT2D eigenvalue weighted by atomic mass is 10.2. The van der Waals surface area contributed by atoms with Crippen LogP contribution in [0.5, 0.6) is 0 Å². The van der Waals surface area contributed by atoms with Crippen molar-refractivity contribution in [2.75, 3.05) is 70.9 Å². The van der Waals surface area contributed by atoms with Crippen molar-refractivity contribution in [3.05, 3.63) is 42.0 Å². The molecule has 0 spiro atoms. The van der Waals surface area contributed by atoms with Crippen LogP contribution in [-0.4, -0.2) is 92.5 Å². The van der Waals surface area contributed by atoms with Gasteiger partial charge in [-0.1, -0.05) is 37.1 Å². The lowest BCUT2D eigenvalue weighted by Gasteiger charge is -2.37. The summed E-state index contributed by atoms with van der Waals surface area (Å²) < 4.78 is 0. The number of nitrogens with zero attached hydrogens (tertiary/aromatic N) is 5. The van der Waals surface area contributed by atoms with Gasteiger partial charge in [0.05, 0.1) is 6.54 Å². The highest BCUT2D eigenvalue weighted by Crippen LogP contribution is 2.17.